The molecule has 0 radical (unpaired) electrons. The Labute approximate surface area is 305 Å². The molecule has 1 aliphatic rings. The van der Waals surface area contributed by atoms with E-state index in [4.69, 9.17) is 4.74 Å². The molecule has 1 saturated heterocycles. The van der Waals surface area contributed by atoms with Crippen molar-refractivity contribution in [2.24, 2.45) is 11.3 Å². The molecule has 1 aromatic carbocycles. The Kier molecular flexibility index (Phi) is 17.6. The van der Waals surface area contributed by atoms with Crippen LogP contribution in [0.2, 0.25) is 0 Å². The number of ether oxygens (including phenoxy) is 1. The Morgan fingerprint density at radius 2 is 1.43 bits per heavy atom. The summed E-state index contributed by atoms with van der Waals surface area (Å²) in [4.78, 5) is 69.5. The van der Waals surface area contributed by atoms with Crippen molar-refractivity contribution in [3.8, 4) is 5.75 Å². The summed E-state index contributed by atoms with van der Waals surface area (Å²) in [6.07, 6.45) is 12.4. The van der Waals surface area contributed by atoms with Crippen LogP contribution in [0, 0.1) is 11.3 Å². The van der Waals surface area contributed by atoms with Gasteiger partial charge in [0.1, 0.15) is 11.8 Å². The zero-order valence-electron chi connectivity index (χ0n) is 32.1. The van der Waals surface area contributed by atoms with E-state index in [2.05, 4.69) is 17.6 Å². The highest BCUT2D eigenvalue weighted by molar-refractivity contribution is 7.91. The maximum Gasteiger partial charge on any atom is 0.328 e. The van der Waals surface area contributed by atoms with Gasteiger partial charge >= 0.3 is 6.03 Å². The van der Waals surface area contributed by atoms with E-state index in [1.54, 1.807) is 34.6 Å². The fourth-order valence-electron chi connectivity index (χ4n) is 6.05. The SMILES string of the molecule is CCCCCCCCCCCCS(=O)(=O)CC(C)C(=O)Nc1ccc(OC)c(NC(=O)C(C(=O)C(C)(C)C)N2C(=O)C(C)N(CCCC)C2=O)c1. The average molecular weight is 735 g/mol. The number of benzene rings is 1. The van der Waals surface area contributed by atoms with Crippen molar-refractivity contribution in [2.75, 3.05) is 35.8 Å². The third-order valence-corrected chi connectivity index (χ3v) is 11.2. The molecule has 2 N–H and O–H groups in total. The number of imide groups is 1. The topological polar surface area (TPSA) is 159 Å². The third kappa shape index (κ3) is 13.2. The number of ketones is 1. The summed E-state index contributed by atoms with van der Waals surface area (Å²) in [5, 5.41) is 5.35. The molecular formula is C38H62N4O8S. The van der Waals surface area contributed by atoms with Crippen molar-refractivity contribution >= 4 is 50.7 Å². The second-order valence-corrected chi connectivity index (χ2v) is 17.1. The van der Waals surface area contributed by atoms with Gasteiger partial charge in [-0.3, -0.25) is 19.2 Å². The van der Waals surface area contributed by atoms with Gasteiger partial charge in [-0.1, -0.05) is 106 Å². The minimum atomic E-state index is -3.45. The molecule has 1 aromatic rings. The number of hydrogen-bond acceptors (Lipinski definition) is 8. The molecule has 3 atom stereocenters. The molecule has 5 amide bonds. The molecule has 12 nitrogen and oxygen atoms in total. The molecule has 0 spiro atoms. The molecular weight excluding hydrogens is 673 g/mol. The number of rotatable bonds is 23. The van der Waals surface area contributed by atoms with Gasteiger partial charge in [0.05, 0.1) is 24.3 Å². The van der Waals surface area contributed by atoms with E-state index in [1.165, 1.54) is 68.7 Å². The van der Waals surface area contributed by atoms with Gasteiger partial charge in [-0.25, -0.2) is 18.1 Å². The van der Waals surface area contributed by atoms with E-state index in [1.807, 2.05) is 6.92 Å². The van der Waals surface area contributed by atoms with Crippen LogP contribution in [0.3, 0.4) is 0 Å². The predicted octanol–water partition coefficient (Wildman–Crippen LogP) is 6.98. The number of nitrogens with zero attached hydrogens (tertiary/aromatic N) is 2. The number of nitrogens with one attached hydrogen (secondary N) is 2. The summed E-state index contributed by atoms with van der Waals surface area (Å²) >= 11 is 0. The third-order valence-electron chi connectivity index (χ3n) is 9.25. The lowest BCUT2D eigenvalue weighted by Gasteiger charge is -2.29. The summed E-state index contributed by atoms with van der Waals surface area (Å²) in [6.45, 7) is 12.4. The summed E-state index contributed by atoms with van der Waals surface area (Å²) in [5.41, 5.74) is -0.739. The number of carbonyl (C=O) groups excluding carboxylic acids is 5. The second kappa shape index (κ2) is 20.5. The van der Waals surface area contributed by atoms with Crippen LogP contribution in [0.15, 0.2) is 18.2 Å². The molecule has 0 aliphatic carbocycles. The highest BCUT2D eigenvalue weighted by Gasteiger charge is 2.52. The van der Waals surface area contributed by atoms with Gasteiger partial charge in [0, 0.05) is 23.6 Å². The first-order chi connectivity index (χ1) is 24.0. The molecule has 0 aromatic heterocycles. The Morgan fingerprint density at radius 3 is 1.98 bits per heavy atom. The Bertz CT molecular complexity index is 1460. The first-order valence-corrected chi connectivity index (χ1v) is 20.5. The number of Topliss-reactive ketones (excluding diaryl/α,β-unsaturated/α-hetero) is 1. The van der Waals surface area contributed by atoms with Crippen LogP contribution in [0.25, 0.3) is 0 Å². The van der Waals surface area contributed by atoms with Crippen LogP contribution in [-0.4, -0.2) is 85.0 Å². The zero-order chi connectivity index (χ0) is 38.4. The number of anilines is 2. The summed E-state index contributed by atoms with van der Waals surface area (Å²) < 4.78 is 31.0. The highest BCUT2D eigenvalue weighted by atomic mass is 32.2. The fourth-order valence-corrected chi connectivity index (χ4v) is 7.78. The van der Waals surface area contributed by atoms with Crippen molar-refractivity contribution in [1.29, 1.82) is 0 Å². The van der Waals surface area contributed by atoms with E-state index in [-0.39, 0.29) is 28.6 Å². The van der Waals surface area contributed by atoms with Crippen molar-refractivity contribution in [2.45, 2.75) is 138 Å². The number of hydrogen-bond donors (Lipinski definition) is 2. The largest absolute Gasteiger partial charge is 0.495 e. The number of sulfone groups is 1. The molecule has 288 valence electrons. The number of unbranched alkanes of at least 4 members (excludes halogenated alkanes) is 10. The first kappa shape index (κ1) is 43.7. The summed E-state index contributed by atoms with van der Waals surface area (Å²) in [5.74, 6) is -3.58. The van der Waals surface area contributed by atoms with Crippen LogP contribution >= 0.6 is 0 Å². The van der Waals surface area contributed by atoms with Gasteiger partial charge in [0.25, 0.3) is 11.8 Å². The number of urea groups is 1. The monoisotopic (exact) mass is 734 g/mol. The summed E-state index contributed by atoms with van der Waals surface area (Å²) in [7, 11) is -2.08. The Morgan fingerprint density at radius 1 is 0.863 bits per heavy atom. The Balaban J connectivity index is 2.11. The van der Waals surface area contributed by atoms with Crippen LogP contribution in [0.4, 0.5) is 16.2 Å². The quantitative estimate of drug-likeness (QED) is 0.0692. The van der Waals surface area contributed by atoms with Crippen LogP contribution in [-0.2, 0) is 29.0 Å². The normalized spacial score (nSPS) is 16.3. The molecule has 13 heteroatoms. The fraction of sp³-hybridized carbons (Fsp3) is 0.711. The van der Waals surface area contributed by atoms with Crippen LogP contribution < -0.4 is 15.4 Å². The van der Waals surface area contributed by atoms with Crippen LogP contribution in [0.1, 0.15) is 126 Å². The number of amides is 5. The van der Waals surface area contributed by atoms with Gasteiger partial charge in [0.2, 0.25) is 5.91 Å². The lowest BCUT2D eigenvalue weighted by atomic mass is 9.85. The van der Waals surface area contributed by atoms with Gasteiger partial charge in [-0.2, -0.15) is 0 Å². The number of carbonyl (C=O) groups is 5. The standard InChI is InChI=1S/C38H62N4O8S/c1-9-11-13-14-15-16-17-18-19-20-24-51(48,49)26-27(3)34(44)39-29-21-22-31(50-8)30(25-29)40-35(45)32(33(43)38(5,6)7)42-36(46)28(4)41(37(42)47)23-12-10-2/h21-22,25,27-28,32H,9-20,23-24,26H2,1-8H3,(H,39,44)(H,40,45). The van der Waals surface area contributed by atoms with E-state index in [0.717, 1.165) is 30.6 Å². The minimum absolute atomic E-state index is 0.0332. The van der Waals surface area contributed by atoms with E-state index < -0.39 is 62.8 Å². The molecule has 1 heterocycles. The molecule has 1 fully saturated rings. The molecule has 1 aliphatic heterocycles. The zero-order valence-corrected chi connectivity index (χ0v) is 33.0. The summed E-state index contributed by atoms with van der Waals surface area (Å²) in [6, 6.07) is 1.17. The molecule has 3 unspecified atom stereocenters. The molecule has 2 rings (SSSR count). The van der Waals surface area contributed by atoms with Gasteiger partial charge in [-0.15, -0.1) is 0 Å². The minimum Gasteiger partial charge on any atom is -0.495 e. The maximum atomic E-state index is 13.9. The molecule has 0 saturated carbocycles. The molecule has 0 bridgehead atoms. The highest BCUT2D eigenvalue weighted by Crippen LogP contribution is 2.31. The second-order valence-electron chi connectivity index (χ2n) is 14.8. The Hall–Kier alpha value is -3.48. The lowest BCUT2D eigenvalue weighted by molar-refractivity contribution is -0.143. The smallest absolute Gasteiger partial charge is 0.328 e. The lowest BCUT2D eigenvalue weighted by Crippen LogP contribution is -2.55. The predicted molar refractivity (Wildman–Crippen MR) is 201 cm³/mol. The van der Waals surface area contributed by atoms with E-state index in [9.17, 15) is 32.4 Å². The average Bonchev–Trinajstić information content (AvgIpc) is 3.26. The molecule has 51 heavy (non-hydrogen) atoms. The van der Waals surface area contributed by atoms with Crippen molar-refractivity contribution in [3.05, 3.63) is 18.2 Å². The van der Waals surface area contributed by atoms with Gasteiger partial charge < -0.3 is 20.3 Å². The van der Waals surface area contributed by atoms with E-state index in [0.29, 0.717) is 19.4 Å². The van der Waals surface area contributed by atoms with E-state index >= 15 is 0 Å². The first-order valence-electron chi connectivity index (χ1n) is 18.7. The van der Waals surface area contributed by atoms with Crippen molar-refractivity contribution in [3.63, 3.8) is 0 Å². The van der Waals surface area contributed by atoms with Crippen LogP contribution in [0.5, 0.6) is 5.75 Å². The number of methoxy groups -OCH3 is 1. The maximum absolute atomic E-state index is 13.9. The van der Waals surface area contributed by atoms with Gasteiger partial charge in [0.15, 0.2) is 21.7 Å². The van der Waals surface area contributed by atoms with Crippen molar-refractivity contribution in [1.82, 2.24) is 9.80 Å². The van der Waals surface area contributed by atoms with Crippen molar-refractivity contribution < 1.29 is 37.1 Å². The van der Waals surface area contributed by atoms with Gasteiger partial charge in [-0.05, 0) is 38.0 Å².